The largest absolute Gasteiger partial charge is 0.347 e. The van der Waals surface area contributed by atoms with Gasteiger partial charge in [0.2, 0.25) is 0 Å². The Balaban J connectivity index is 1.58. The molecule has 0 aliphatic heterocycles. The summed E-state index contributed by atoms with van der Waals surface area (Å²) >= 11 is 0. The molecule has 3 rings (SSSR count). The monoisotopic (exact) mass is 347 g/mol. The number of nitrogens with zero attached hydrogens (tertiary/aromatic N) is 3. The lowest BCUT2D eigenvalue weighted by Gasteiger charge is -2.07. The van der Waals surface area contributed by atoms with Crippen LogP contribution in [0.25, 0.3) is 0 Å². The molecule has 0 bridgehead atoms. The van der Waals surface area contributed by atoms with Crippen molar-refractivity contribution < 1.29 is 9.18 Å². The highest BCUT2D eigenvalue weighted by molar-refractivity contribution is 5.92. The first-order valence-electron chi connectivity index (χ1n) is 7.77. The summed E-state index contributed by atoms with van der Waals surface area (Å²) in [5, 5.41) is 22.4. The molecule has 2 N–H and O–H groups in total. The first-order valence-corrected chi connectivity index (χ1v) is 7.77. The molecular formula is C19H14FN5O. The number of aromatic nitrogens is 2. The van der Waals surface area contributed by atoms with E-state index in [0.717, 1.165) is 11.3 Å². The number of hydrogen-bond acceptors (Lipinski definition) is 5. The zero-order valence-corrected chi connectivity index (χ0v) is 13.6. The molecule has 128 valence electrons. The van der Waals surface area contributed by atoms with Crippen LogP contribution >= 0.6 is 0 Å². The van der Waals surface area contributed by atoms with Crippen LogP contribution in [-0.4, -0.2) is 16.1 Å². The lowest BCUT2D eigenvalue weighted by molar-refractivity contribution is 0.0945. The zero-order valence-electron chi connectivity index (χ0n) is 13.6. The molecule has 0 saturated heterocycles. The fourth-order valence-corrected chi connectivity index (χ4v) is 2.17. The van der Waals surface area contributed by atoms with Crippen molar-refractivity contribution in [3.63, 3.8) is 0 Å². The van der Waals surface area contributed by atoms with Crippen LogP contribution < -0.4 is 10.6 Å². The summed E-state index contributed by atoms with van der Waals surface area (Å²) in [5.74, 6) is -0.215. The number of halogens is 1. The van der Waals surface area contributed by atoms with E-state index in [4.69, 9.17) is 5.26 Å². The molecule has 3 aromatic rings. The lowest BCUT2D eigenvalue weighted by atomic mass is 10.2. The van der Waals surface area contributed by atoms with E-state index in [9.17, 15) is 9.18 Å². The van der Waals surface area contributed by atoms with Gasteiger partial charge in [-0.15, -0.1) is 10.2 Å². The third-order valence-electron chi connectivity index (χ3n) is 3.55. The maximum atomic E-state index is 12.9. The first kappa shape index (κ1) is 17.0. The van der Waals surface area contributed by atoms with E-state index in [2.05, 4.69) is 20.8 Å². The van der Waals surface area contributed by atoms with Gasteiger partial charge in [0.1, 0.15) is 5.82 Å². The molecular weight excluding hydrogens is 333 g/mol. The molecule has 26 heavy (non-hydrogen) atoms. The van der Waals surface area contributed by atoms with Gasteiger partial charge in [-0.25, -0.2) is 4.39 Å². The highest BCUT2D eigenvalue weighted by atomic mass is 19.1. The van der Waals surface area contributed by atoms with Gasteiger partial charge in [-0.1, -0.05) is 12.1 Å². The molecule has 0 saturated carbocycles. The van der Waals surface area contributed by atoms with Crippen LogP contribution in [0.2, 0.25) is 0 Å². The standard InChI is InChI=1S/C19H14FN5O/c20-15-5-1-14(2-6-15)12-22-19(26)17-9-10-18(25-24-17)23-16-7-3-13(11-21)4-8-16/h1-10H,12H2,(H,22,26)(H,23,25). The predicted octanol–water partition coefficient (Wildman–Crippen LogP) is 3.16. The Morgan fingerprint density at radius 3 is 2.35 bits per heavy atom. The van der Waals surface area contributed by atoms with Crippen molar-refractivity contribution >= 4 is 17.4 Å². The van der Waals surface area contributed by atoms with E-state index < -0.39 is 0 Å². The number of hydrogen-bond donors (Lipinski definition) is 2. The van der Waals surface area contributed by atoms with E-state index in [1.54, 1.807) is 48.5 Å². The number of carbonyl (C=O) groups is 1. The Morgan fingerprint density at radius 1 is 1.00 bits per heavy atom. The Kier molecular flexibility index (Phi) is 5.15. The van der Waals surface area contributed by atoms with Gasteiger partial charge in [-0.2, -0.15) is 5.26 Å². The number of nitriles is 1. The summed E-state index contributed by atoms with van der Waals surface area (Å²) < 4.78 is 12.9. The Bertz CT molecular complexity index is 932. The summed E-state index contributed by atoms with van der Waals surface area (Å²) in [6.07, 6.45) is 0. The number of nitrogens with one attached hydrogen (secondary N) is 2. The molecule has 6 nitrogen and oxygen atoms in total. The maximum Gasteiger partial charge on any atom is 0.272 e. The molecule has 0 aliphatic rings. The van der Waals surface area contributed by atoms with E-state index in [-0.39, 0.29) is 24.0 Å². The van der Waals surface area contributed by atoms with E-state index in [1.165, 1.54) is 12.1 Å². The number of benzene rings is 2. The fourth-order valence-electron chi connectivity index (χ4n) is 2.17. The average molecular weight is 347 g/mol. The summed E-state index contributed by atoms with van der Waals surface area (Å²) in [4.78, 5) is 12.1. The van der Waals surface area contributed by atoms with Crippen LogP contribution in [0.15, 0.2) is 60.7 Å². The van der Waals surface area contributed by atoms with Crippen LogP contribution in [0.5, 0.6) is 0 Å². The molecule has 1 aromatic heterocycles. The van der Waals surface area contributed by atoms with Gasteiger partial charge >= 0.3 is 0 Å². The van der Waals surface area contributed by atoms with Gasteiger partial charge in [0.15, 0.2) is 11.5 Å². The molecule has 0 fully saturated rings. The third kappa shape index (κ3) is 4.39. The Hall–Kier alpha value is -3.79. The van der Waals surface area contributed by atoms with Crippen LogP contribution in [0.4, 0.5) is 15.9 Å². The lowest BCUT2D eigenvalue weighted by Crippen LogP contribution is -2.24. The molecule has 0 unspecified atom stereocenters. The number of carbonyl (C=O) groups excluding carboxylic acids is 1. The smallest absolute Gasteiger partial charge is 0.272 e. The quantitative estimate of drug-likeness (QED) is 0.740. The van der Waals surface area contributed by atoms with Crippen LogP contribution in [0.3, 0.4) is 0 Å². The van der Waals surface area contributed by atoms with Crippen molar-refractivity contribution in [3.05, 3.63) is 83.3 Å². The maximum absolute atomic E-state index is 12.9. The van der Waals surface area contributed by atoms with E-state index >= 15 is 0 Å². The van der Waals surface area contributed by atoms with E-state index in [1.807, 2.05) is 6.07 Å². The molecule has 1 heterocycles. The van der Waals surface area contributed by atoms with Crippen LogP contribution in [0.1, 0.15) is 21.6 Å². The minimum absolute atomic E-state index is 0.178. The zero-order chi connectivity index (χ0) is 18.4. The molecule has 2 aromatic carbocycles. The second-order valence-corrected chi connectivity index (χ2v) is 5.43. The Morgan fingerprint density at radius 2 is 1.73 bits per heavy atom. The minimum atomic E-state index is -0.369. The van der Waals surface area contributed by atoms with Gasteiger partial charge in [0, 0.05) is 12.2 Å². The van der Waals surface area contributed by atoms with E-state index in [0.29, 0.717) is 11.4 Å². The number of amides is 1. The highest BCUT2D eigenvalue weighted by Crippen LogP contribution is 2.14. The predicted molar refractivity (Wildman–Crippen MR) is 94.0 cm³/mol. The van der Waals surface area contributed by atoms with Gasteiger partial charge in [-0.05, 0) is 54.1 Å². The summed E-state index contributed by atoms with van der Waals surface area (Å²) in [7, 11) is 0. The van der Waals surface area contributed by atoms with Crippen molar-refractivity contribution in [2.45, 2.75) is 6.54 Å². The number of rotatable bonds is 5. The average Bonchev–Trinajstić information content (AvgIpc) is 2.68. The minimum Gasteiger partial charge on any atom is -0.347 e. The van der Waals surface area contributed by atoms with Crippen LogP contribution in [-0.2, 0) is 6.54 Å². The van der Waals surface area contributed by atoms with Gasteiger partial charge in [0.05, 0.1) is 11.6 Å². The third-order valence-corrected chi connectivity index (χ3v) is 3.55. The molecule has 0 aliphatic carbocycles. The fraction of sp³-hybridized carbons (Fsp3) is 0.0526. The summed E-state index contributed by atoms with van der Waals surface area (Å²) in [6.45, 7) is 0.270. The Labute approximate surface area is 149 Å². The van der Waals surface area contributed by atoms with Crippen molar-refractivity contribution in [1.82, 2.24) is 15.5 Å². The van der Waals surface area contributed by atoms with Gasteiger partial charge in [-0.3, -0.25) is 4.79 Å². The molecule has 1 amide bonds. The number of anilines is 2. The van der Waals surface area contributed by atoms with Crippen molar-refractivity contribution in [2.75, 3.05) is 5.32 Å². The topological polar surface area (TPSA) is 90.7 Å². The molecule has 7 heteroatoms. The first-order chi connectivity index (χ1) is 12.6. The summed E-state index contributed by atoms with van der Waals surface area (Å²) in [6, 6.07) is 18.0. The van der Waals surface area contributed by atoms with Crippen LogP contribution in [0, 0.1) is 17.1 Å². The molecule has 0 atom stereocenters. The summed E-state index contributed by atoms with van der Waals surface area (Å²) in [5.41, 5.74) is 2.28. The van der Waals surface area contributed by atoms with Crippen molar-refractivity contribution in [3.8, 4) is 6.07 Å². The van der Waals surface area contributed by atoms with Gasteiger partial charge < -0.3 is 10.6 Å². The highest BCUT2D eigenvalue weighted by Gasteiger charge is 2.08. The molecule has 0 spiro atoms. The SMILES string of the molecule is N#Cc1ccc(Nc2ccc(C(=O)NCc3ccc(F)cc3)nn2)cc1. The second kappa shape index (κ2) is 7.85. The normalized spacial score (nSPS) is 10.0. The molecule has 0 radical (unpaired) electrons. The second-order valence-electron chi connectivity index (χ2n) is 5.43. The van der Waals surface area contributed by atoms with Gasteiger partial charge in [0.25, 0.3) is 5.91 Å². The van der Waals surface area contributed by atoms with Crippen molar-refractivity contribution in [1.29, 1.82) is 5.26 Å². The van der Waals surface area contributed by atoms with Crippen molar-refractivity contribution in [2.24, 2.45) is 0 Å².